The number of rotatable bonds is 4. The van der Waals surface area contributed by atoms with E-state index >= 15 is 0 Å². The highest BCUT2D eigenvalue weighted by Gasteiger charge is 2.23. The summed E-state index contributed by atoms with van der Waals surface area (Å²) < 4.78 is 0. The van der Waals surface area contributed by atoms with Crippen molar-refractivity contribution >= 4 is 5.69 Å². The van der Waals surface area contributed by atoms with Gasteiger partial charge in [-0.1, -0.05) is 38.3 Å². The maximum absolute atomic E-state index is 3.83. The maximum atomic E-state index is 3.83. The quantitative estimate of drug-likeness (QED) is 0.898. The fourth-order valence-corrected chi connectivity index (χ4v) is 3.94. The molecule has 2 aliphatic rings. The molecule has 0 aromatic heterocycles. The zero-order valence-corrected chi connectivity index (χ0v) is 13.0. The first-order valence-corrected chi connectivity index (χ1v) is 8.34. The fraction of sp³-hybridized carbons (Fsp3) is 0.667. The molecule has 1 aliphatic heterocycles. The zero-order chi connectivity index (χ0) is 13.9. The van der Waals surface area contributed by atoms with Crippen LogP contribution in [-0.2, 0) is 13.0 Å². The van der Waals surface area contributed by atoms with Gasteiger partial charge >= 0.3 is 0 Å². The van der Waals surface area contributed by atoms with Crippen molar-refractivity contribution in [3.05, 3.63) is 29.3 Å². The molecule has 2 heteroatoms. The van der Waals surface area contributed by atoms with Gasteiger partial charge in [0.2, 0.25) is 0 Å². The van der Waals surface area contributed by atoms with E-state index in [1.807, 2.05) is 0 Å². The number of nitrogens with one attached hydrogen (secondary N) is 1. The SMILES string of the molecule is CCC1CCCCC1NCc1ccc2c(c1)CCN2C. The van der Waals surface area contributed by atoms with Gasteiger partial charge < -0.3 is 10.2 Å². The predicted molar refractivity (Wildman–Crippen MR) is 86.3 cm³/mol. The fourth-order valence-electron chi connectivity index (χ4n) is 3.94. The second kappa shape index (κ2) is 6.17. The summed E-state index contributed by atoms with van der Waals surface area (Å²) in [5, 5.41) is 3.83. The van der Waals surface area contributed by atoms with Crippen LogP contribution in [0.2, 0.25) is 0 Å². The Morgan fingerprint density at radius 3 is 2.95 bits per heavy atom. The highest BCUT2D eigenvalue weighted by Crippen LogP contribution is 2.29. The molecule has 0 bridgehead atoms. The summed E-state index contributed by atoms with van der Waals surface area (Å²) in [6.07, 6.45) is 8.16. The van der Waals surface area contributed by atoms with Crippen molar-refractivity contribution in [2.75, 3.05) is 18.5 Å². The Kier molecular flexibility index (Phi) is 4.30. The van der Waals surface area contributed by atoms with Gasteiger partial charge in [0.25, 0.3) is 0 Å². The summed E-state index contributed by atoms with van der Waals surface area (Å²) in [6, 6.07) is 7.76. The van der Waals surface area contributed by atoms with Crippen molar-refractivity contribution < 1.29 is 0 Å². The van der Waals surface area contributed by atoms with Crippen LogP contribution in [0.5, 0.6) is 0 Å². The van der Waals surface area contributed by atoms with Crippen LogP contribution < -0.4 is 10.2 Å². The van der Waals surface area contributed by atoms with E-state index in [0.29, 0.717) is 0 Å². The van der Waals surface area contributed by atoms with E-state index in [2.05, 4.69) is 42.4 Å². The van der Waals surface area contributed by atoms with Gasteiger partial charge in [-0.05, 0) is 42.4 Å². The van der Waals surface area contributed by atoms with Gasteiger partial charge in [-0.25, -0.2) is 0 Å². The molecule has 1 saturated carbocycles. The van der Waals surface area contributed by atoms with E-state index in [1.165, 1.54) is 61.9 Å². The second-order valence-electron chi connectivity index (χ2n) is 6.57. The van der Waals surface area contributed by atoms with E-state index < -0.39 is 0 Å². The third-order valence-corrected chi connectivity index (χ3v) is 5.27. The molecule has 2 unspecified atom stereocenters. The average Bonchev–Trinajstić information content (AvgIpc) is 2.86. The standard InChI is InChI=1S/C18H28N2/c1-3-15-6-4-5-7-17(15)19-13-14-8-9-18-16(12-14)10-11-20(18)2/h8-9,12,15,17,19H,3-7,10-11,13H2,1-2H3. The minimum absolute atomic E-state index is 0.740. The molecule has 2 nitrogen and oxygen atoms in total. The van der Waals surface area contributed by atoms with E-state index in [1.54, 1.807) is 0 Å². The number of likely N-dealkylation sites (N-methyl/N-ethyl adjacent to an activating group) is 1. The van der Waals surface area contributed by atoms with Crippen LogP contribution in [0.4, 0.5) is 5.69 Å². The van der Waals surface area contributed by atoms with Gasteiger partial charge in [-0.2, -0.15) is 0 Å². The third-order valence-electron chi connectivity index (χ3n) is 5.27. The van der Waals surface area contributed by atoms with Crippen molar-refractivity contribution in [2.24, 2.45) is 5.92 Å². The molecular weight excluding hydrogens is 244 g/mol. The molecule has 1 fully saturated rings. The van der Waals surface area contributed by atoms with Crippen molar-refractivity contribution in [1.29, 1.82) is 0 Å². The molecule has 1 aliphatic carbocycles. The summed E-state index contributed by atoms with van der Waals surface area (Å²) in [6.45, 7) is 4.56. The normalized spacial score (nSPS) is 25.8. The van der Waals surface area contributed by atoms with Crippen LogP contribution in [-0.4, -0.2) is 19.6 Å². The van der Waals surface area contributed by atoms with E-state index in [0.717, 1.165) is 18.5 Å². The number of hydrogen-bond donors (Lipinski definition) is 1. The molecule has 1 N–H and O–H groups in total. The predicted octanol–water partition coefficient (Wildman–Crippen LogP) is 3.74. The minimum atomic E-state index is 0.740. The van der Waals surface area contributed by atoms with Crippen LogP contribution in [0.15, 0.2) is 18.2 Å². The van der Waals surface area contributed by atoms with Gasteiger partial charge in [0.1, 0.15) is 0 Å². The van der Waals surface area contributed by atoms with Crippen LogP contribution >= 0.6 is 0 Å². The molecule has 20 heavy (non-hydrogen) atoms. The molecule has 1 heterocycles. The Morgan fingerprint density at radius 1 is 1.25 bits per heavy atom. The number of hydrogen-bond acceptors (Lipinski definition) is 2. The first-order valence-electron chi connectivity index (χ1n) is 8.34. The van der Waals surface area contributed by atoms with Gasteiger partial charge in [0.05, 0.1) is 0 Å². The highest BCUT2D eigenvalue weighted by atomic mass is 15.1. The number of nitrogens with zero attached hydrogens (tertiary/aromatic N) is 1. The average molecular weight is 272 g/mol. The molecule has 2 atom stereocenters. The molecule has 0 radical (unpaired) electrons. The molecular formula is C18H28N2. The summed E-state index contributed by atoms with van der Waals surface area (Å²) in [7, 11) is 2.19. The summed E-state index contributed by atoms with van der Waals surface area (Å²) >= 11 is 0. The monoisotopic (exact) mass is 272 g/mol. The molecule has 1 aromatic rings. The first-order chi connectivity index (χ1) is 9.78. The summed E-state index contributed by atoms with van der Waals surface area (Å²) in [5.41, 5.74) is 4.42. The van der Waals surface area contributed by atoms with Crippen LogP contribution in [0.1, 0.15) is 50.2 Å². The van der Waals surface area contributed by atoms with Crippen molar-refractivity contribution in [1.82, 2.24) is 5.32 Å². The lowest BCUT2D eigenvalue weighted by Gasteiger charge is -2.31. The Bertz CT molecular complexity index is 455. The first kappa shape index (κ1) is 13.9. The molecule has 0 spiro atoms. The van der Waals surface area contributed by atoms with Gasteiger partial charge in [-0.3, -0.25) is 0 Å². The lowest BCUT2D eigenvalue weighted by atomic mass is 9.83. The summed E-state index contributed by atoms with van der Waals surface area (Å²) in [4.78, 5) is 2.36. The van der Waals surface area contributed by atoms with Crippen LogP contribution in [0.25, 0.3) is 0 Å². The Morgan fingerprint density at radius 2 is 2.10 bits per heavy atom. The van der Waals surface area contributed by atoms with E-state index in [4.69, 9.17) is 0 Å². The van der Waals surface area contributed by atoms with Gasteiger partial charge in [0.15, 0.2) is 0 Å². The number of anilines is 1. The Labute approximate surface area is 123 Å². The third kappa shape index (κ3) is 2.85. The highest BCUT2D eigenvalue weighted by molar-refractivity contribution is 5.58. The van der Waals surface area contributed by atoms with Crippen molar-refractivity contribution in [2.45, 2.75) is 58.0 Å². The molecule has 0 amide bonds. The minimum Gasteiger partial charge on any atom is -0.374 e. The topological polar surface area (TPSA) is 15.3 Å². The summed E-state index contributed by atoms with van der Waals surface area (Å²) in [5.74, 6) is 0.893. The maximum Gasteiger partial charge on any atom is 0.0397 e. The number of benzene rings is 1. The molecule has 0 saturated heterocycles. The van der Waals surface area contributed by atoms with E-state index in [-0.39, 0.29) is 0 Å². The van der Waals surface area contributed by atoms with Gasteiger partial charge in [0, 0.05) is 31.9 Å². The van der Waals surface area contributed by atoms with Crippen LogP contribution in [0.3, 0.4) is 0 Å². The smallest absolute Gasteiger partial charge is 0.0397 e. The van der Waals surface area contributed by atoms with Crippen molar-refractivity contribution in [3.8, 4) is 0 Å². The molecule has 1 aromatic carbocycles. The van der Waals surface area contributed by atoms with E-state index in [9.17, 15) is 0 Å². The lowest BCUT2D eigenvalue weighted by Crippen LogP contribution is -2.37. The largest absolute Gasteiger partial charge is 0.374 e. The van der Waals surface area contributed by atoms with Crippen LogP contribution in [0, 0.1) is 5.92 Å². The zero-order valence-electron chi connectivity index (χ0n) is 13.0. The molecule has 3 rings (SSSR count). The van der Waals surface area contributed by atoms with Gasteiger partial charge in [-0.15, -0.1) is 0 Å². The lowest BCUT2D eigenvalue weighted by molar-refractivity contribution is 0.254. The Hall–Kier alpha value is -1.02. The second-order valence-corrected chi connectivity index (χ2v) is 6.57. The Balaban J connectivity index is 1.61. The van der Waals surface area contributed by atoms with Crippen molar-refractivity contribution in [3.63, 3.8) is 0 Å². The molecule has 110 valence electrons. The number of fused-ring (bicyclic) bond motifs is 1.